The van der Waals surface area contributed by atoms with Gasteiger partial charge in [0.25, 0.3) is 0 Å². The van der Waals surface area contributed by atoms with E-state index in [-0.39, 0.29) is 31.6 Å². The standard InChI is InChI=1S/C14H13N5O2.2ClH/c15-14-16-3-4-18(14)6-10-7-19(8-17-10)11-1-2-12-13(5-11)21-9-20-12;;/h1-5,7-8H,6,9H2,(H2,15,16);2*1H. The first kappa shape index (κ1) is 17.0. The van der Waals surface area contributed by atoms with E-state index in [1.54, 1.807) is 12.5 Å². The third-order valence-corrected chi connectivity index (χ3v) is 3.37. The second kappa shape index (κ2) is 6.80. The van der Waals surface area contributed by atoms with Crippen LogP contribution in [0.1, 0.15) is 5.69 Å². The van der Waals surface area contributed by atoms with Crippen LogP contribution in [-0.2, 0) is 6.54 Å². The number of benzene rings is 1. The number of anilines is 1. The lowest BCUT2D eigenvalue weighted by atomic mass is 10.3. The van der Waals surface area contributed by atoms with Crippen LogP contribution in [0.3, 0.4) is 0 Å². The molecular formula is C14H15Cl2N5O2. The molecule has 0 aliphatic carbocycles. The Hall–Kier alpha value is -2.38. The Balaban J connectivity index is 0.000000960. The molecule has 23 heavy (non-hydrogen) atoms. The Morgan fingerprint density at radius 1 is 1.13 bits per heavy atom. The zero-order valence-electron chi connectivity index (χ0n) is 12.0. The molecule has 0 saturated heterocycles. The minimum atomic E-state index is 0. The average Bonchev–Trinajstić information content (AvgIpc) is 3.20. The molecule has 0 bridgehead atoms. The van der Waals surface area contributed by atoms with Gasteiger partial charge < -0.3 is 24.3 Å². The van der Waals surface area contributed by atoms with Crippen LogP contribution in [0.15, 0.2) is 43.1 Å². The Kier molecular flexibility index (Phi) is 5.02. The van der Waals surface area contributed by atoms with E-state index < -0.39 is 0 Å². The van der Waals surface area contributed by atoms with E-state index in [1.807, 2.05) is 39.7 Å². The highest BCUT2D eigenvalue weighted by Crippen LogP contribution is 2.33. The van der Waals surface area contributed by atoms with Gasteiger partial charge >= 0.3 is 0 Å². The van der Waals surface area contributed by atoms with Crippen molar-refractivity contribution in [1.29, 1.82) is 0 Å². The molecule has 0 amide bonds. The van der Waals surface area contributed by atoms with Crippen molar-refractivity contribution < 1.29 is 9.47 Å². The van der Waals surface area contributed by atoms with E-state index in [2.05, 4.69) is 9.97 Å². The fourth-order valence-corrected chi connectivity index (χ4v) is 2.28. The van der Waals surface area contributed by atoms with Gasteiger partial charge in [0, 0.05) is 24.7 Å². The first-order chi connectivity index (χ1) is 10.3. The van der Waals surface area contributed by atoms with Crippen molar-refractivity contribution in [2.75, 3.05) is 12.5 Å². The van der Waals surface area contributed by atoms with E-state index in [4.69, 9.17) is 15.2 Å². The van der Waals surface area contributed by atoms with Gasteiger partial charge in [0.1, 0.15) is 0 Å². The second-order valence-electron chi connectivity index (χ2n) is 4.72. The van der Waals surface area contributed by atoms with Crippen LogP contribution in [0.4, 0.5) is 5.95 Å². The lowest BCUT2D eigenvalue weighted by Gasteiger charge is -2.03. The number of rotatable bonds is 3. The monoisotopic (exact) mass is 355 g/mol. The molecule has 9 heteroatoms. The minimum Gasteiger partial charge on any atom is -0.454 e. The smallest absolute Gasteiger partial charge is 0.231 e. The lowest BCUT2D eigenvalue weighted by molar-refractivity contribution is 0.174. The molecule has 0 radical (unpaired) electrons. The van der Waals surface area contributed by atoms with Crippen LogP contribution in [0, 0.1) is 0 Å². The predicted octanol–water partition coefficient (Wildman–Crippen LogP) is 2.27. The normalized spacial score (nSPS) is 11.7. The fourth-order valence-electron chi connectivity index (χ4n) is 2.28. The number of ether oxygens (including phenoxy) is 2. The van der Waals surface area contributed by atoms with Gasteiger partial charge in [0.05, 0.1) is 24.3 Å². The second-order valence-corrected chi connectivity index (χ2v) is 4.72. The number of fused-ring (bicyclic) bond motifs is 1. The van der Waals surface area contributed by atoms with Crippen LogP contribution in [0.2, 0.25) is 0 Å². The van der Waals surface area contributed by atoms with Crippen LogP contribution < -0.4 is 15.2 Å². The highest BCUT2D eigenvalue weighted by molar-refractivity contribution is 5.85. The Labute approximate surface area is 144 Å². The molecule has 0 saturated carbocycles. The number of nitrogens with zero attached hydrogens (tertiary/aromatic N) is 4. The summed E-state index contributed by atoms with van der Waals surface area (Å²) in [4.78, 5) is 8.38. The summed E-state index contributed by atoms with van der Waals surface area (Å²) in [5.74, 6) is 2.00. The van der Waals surface area contributed by atoms with Crippen molar-refractivity contribution in [1.82, 2.24) is 19.1 Å². The number of nitrogen functional groups attached to an aromatic ring is 1. The zero-order valence-corrected chi connectivity index (χ0v) is 13.6. The van der Waals surface area contributed by atoms with Gasteiger partial charge in [0.2, 0.25) is 6.79 Å². The lowest BCUT2D eigenvalue weighted by Crippen LogP contribution is -2.03. The first-order valence-corrected chi connectivity index (χ1v) is 6.49. The van der Waals surface area contributed by atoms with Gasteiger partial charge in [0.15, 0.2) is 17.4 Å². The Bertz CT molecular complexity index is 802. The Morgan fingerprint density at radius 2 is 1.96 bits per heavy atom. The maximum atomic E-state index is 5.75. The molecule has 122 valence electrons. The van der Waals surface area contributed by atoms with Crippen LogP contribution in [-0.4, -0.2) is 25.9 Å². The van der Waals surface area contributed by atoms with Crippen molar-refractivity contribution in [3.63, 3.8) is 0 Å². The van der Waals surface area contributed by atoms with Gasteiger partial charge in [-0.15, -0.1) is 24.8 Å². The molecule has 1 aromatic carbocycles. The summed E-state index contributed by atoms with van der Waals surface area (Å²) in [6, 6.07) is 5.79. The van der Waals surface area contributed by atoms with Crippen LogP contribution >= 0.6 is 24.8 Å². The molecule has 7 nitrogen and oxygen atoms in total. The molecule has 2 aromatic heterocycles. The Morgan fingerprint density at radius 3 is 2.74 bits per heavy atom. The summed E-state index contributed by atoms with van der Waals surface area (Å²) in [6.07, 6.45) is 7.22. The van der Waals surface area contributed by atoms with E-state index >= 15 is 0 Å². The summed E-state index contributed by atoms with van der Waals surface area (Å²) < 4.78 is 14.5. The molecule has 1 aliphatic heterocycles. The van der Waals surface area contributed by atoms with E-state index in [0.29, 0.717) is 12.5 Å². The molecular weight excluding hydrogens is 341 g/mol. The zero-order chi connectivity index (χ0) is 14.2. The quantitative estimate of drug-likeness (QED) is 0.779. The third kappa shape index (κ3) is 3.20. The maximum absolute atomic E-state index is 5.75. The highest BCUT2D eigenvalue weighted by atomic mass is 35.5. The topological polar surface area (TPSA) is 80.1 Å². The largest absolute Gasteiger partial charge is 0.454 e. The first-order valence-electron chi connectivity index (χ1n) is 6.49. The molecule has 0 spiro atoms. The van der Waals surface area contributed by atoms with E-state index in [0.717, 1.165) is 22.9 Å². The van der Waals surface area contributed by atoms with Crippen LogP contribution in [0.5, 0.6) is 11.5 Å². The maximum Gasteiger partial charge on any atom is 0.231 e. The number of halogens is 2. The van der Waals surface area contributed by atoms with Gasteiger partial charge in [-0.1, -0.05) is 0 Å². The van der Waals surface area contributed by atoms with E-state index in [1.165, 1.54) is 0 Å². The van der Waals surface area contributed by atoms with E-state index in [9.17, 15) is 0 Å². The van der Waals surface area contributed by atoms with Crippen molar-refractivity contribution in [2.45, 2.75) is 6.54 Å². The molecule has 3 heterocycles. The molecule has 3 aromatic rings. The third-order valence-electron chi connectivity index (χ3n) is 3.37. The van der Waals surface area contributed by atoms with Crippen molar-refractivity contribution in [3.05, 3.63) is 48.8 Å². The number of hydrogen-bond acceptors (Lipinski definition) is 5. The van der Waals surface area contributed by atoms with Crippen molar-refractivity contribution >= 4 is 30.8 Å². The number of nitrogens with two attached hydrogens (primary N) is 1. The summed E-state index contributed by atoms with van der Waals surface area (Å²) in [5.41, 5.74) is 7.62. The molecule has 4 rings (SSSR count). The molecule has 2 N–H and O–H groups in total. The van der Waals surface area contributed by atoms with Crippen molar-refractivity contribution in [3.8, 4) is 17.2 Å². The van der Waals surface area contributed by atoms with Crippen molar-refractivity contribution in [2.24, 2.45) is 0 Å². The molecule has 1 aliphatic rings. The number of hydrogen-bond donors (Lipinski definition) is 1. The minimum absolute atomic E-state index is 0. The molecule has 0 unspecified atom stereocenters. The van der Waals surface area contributed by atoms with Gasteiger partial charge in [-0.05, 0) is 12.1 Å². The molecule has 0 fully saturated rings. The summed E-state index contributed by atoms with van der Waals surface area (Å²) in [5, 5.41) is 0. The average molecular weight is 356 g/mol. The fraction of sp³-hybridized carbons (Fsp3) is 0.143. The van der Waals surface area contributed by atoms with Gasteiger partial charge in [-0.2, -0.15) is 0 Å². The van der Waals surface area contributed by atoms with Gasteiger partial charge in [-0.25, -0.2) is 9.97 Å². The number of imidazole rings is 2. The summed E-state index contributed by atoms with van der Waals surface area (Å²) in [6.45, 7) is 0.858. The molecule has 0 atom stereocenters. The summed E-state index contributed by atoms with van der Waals surface area (Å²) >= 11 is 0. The summed E-state index contributed by atoms with van der Waals surface area (Å²) in [7, 11) is 0. The number of aromatic nitrogens is 4. The highest BCUT2D eigenvalue weighted by Gasteiger charge is 2.14. The van der Waals surface area contributed by atoms with Gasteiger partial charge in [-0.3, -0.25) is 0 Å². The SMILES string of the molecule is Cl.Cl.Nc1nccn1Cc1cn(-c2ccc3c(c2)OCO3)cn1. The predicted molar refractivity (Wildman–Crippen MR) is 89.9 cm³/mol. The van der Waals surface area contributed by atoms with Crippen LogP contribution in [0.25, 0.3) is 5.69 Å².